The van der Waals surface area contributed by atoms with E-state index in [1.165, 1.54) is 18.2 Å². The molecule has 0 saturated heterocycles. The van der Waals surface area contributed by atoms with Gasteiger partial charge in [-0.3, -0.25) is 4.79 Å². The van der Waals surface area contributed by atoms with Gasteiger partial charge in [-0.05, 0) is 62.0 Å². The second-order valence-electron chi connectivity index (χ2n) is 8.03. The van der Waals surface area contributed by atoms with Crippen LogP contribution in [0.15, 0.2) is 77.7 Å². The van der Waals surface area contributed by atoms with E-state index in [2.05, 4.69) is 10.0 Å². The molecule has 6 nitrogen and oxygen atoms in total. The van der Waals surface area contributed by atoms with Crippen LogP contribution in [0.25, 0.3) is 0 Å². The fourth-order valence-corrected chi connectivity index (χ4v) is 4.74. The van der Waals surface area contributed by atoms with Crippen LogP contribution in [0.3, 0.4) is 0 Å². The number of hydrogen-bond donors (Lipinski definition) is 2. The average molecular weight is 470 g/mol. The Morgan fingerprint density at radius 2 is 1.67 bits per heavy atom. The number of nitrogens with zero attached hydrogens (tertiary/aromatic N) is 1. The zero-order valence-electron chi connectivity index (χ0n) is 18.9. The Bertz CT molecular complexity index is 1200. The molecule has 0 aliphatic carbocycles. The van der Waals surface area contributed by atoms with Gasteiger partial charge in [0.05, 0.1) is 10.9 Å². The Hall–Kier alpha value is -3.07. The van der Waals surface area contributed by atoms with Crippen LogP contribution in [0.2, 0.25) is 0 Å². The van der Waals surface area contributed by atoms with Crippen molar-refractivity contribution in [3.8, 4) is 0 Å². The molecule has 0 heterocycles. The van der Waals surface area contributed by atoms with Crippen LogP contribution in [0.5, 0.6) is 0 Å². The molecule has 0 aliphatic heterocycles. The van der Waals surface area contributed by atoms with Crippen LogP contribution >= 0.6 is 0 Å². The lowest BCUT2D eigenvalue weighted by Gasteiger charge is -2.25. The lowest BCUT2D eigenvalue weighted by atomic mass is 10.1. The van der Waals surface area contributed by atoms with Crippen molar-refractivity contribution < 1.29 is 17.6 Å². The molecule has 3 aromatic rings. The topological polar surface area (TPSA) is 78.5 Å². The van der Waals surface area contributed by atoms with Gasteiger partial charge in [-0.1, -0.05) is 48.5 Å². The minimum Gasteiger partial charge on any atom is -0.350 e. The molecule has 2 N–H and O–H groups in total. The summed E-state index contributed by atoms with van der Waals surface area (Å²) in [5, 5.41) is 2.86. The number of amides is 1. The van der Waals surface area contributed by atoms with Crippen LogP contribution < -0.4 is 10.0 Å². The number of halogens is 1. The van der Waals surface area contributed by atoms with E-state index in [-0.39, 0.29) is 41.3 Å². The molecule has 174 valence electrons. The molecule has 33 heavy (non-hydrogen) atoms. The average Bonchev–Trinajstić information content (AvgIpc) is 2.79. The standard InChI is InChI=1S/C25H28FN3O3S/c1-18-9-10-21(15-24(18)33(31,32)28-16-19-7-5-4-6-8-19)25(30)27-17-23(29(2)3)20-11-13-22(26)14-12-20/h4-15,23,28H,16-17H2,1-3H3,(H,27,30). The van der Waals surface area contributed by atoms with Crippen molar-refractivity contribution >= 4 is 15.9 Å². The van der Waals surface area contributed by atoms with Gasteiger partial charge in [0.1, 0.15) is 5.82 Å². The Morgan fingerprint density at radius 3 is 2.30 bits per heavy atom. The van der Waals surface area contributed by atoms with E-state index in [9.17, 15) is 17.6 Å². The fourth-order valence-electron chi connectivity index (χ4n) is 3.46. The molecule has 1 unspecified atom stereocenters. The van der Waals surface area contributed by atoms with Crippen molar-refractivity contribution in [2.45, 2.75) is 24.4 Å². The molecular formula is C25H28FN3O3S. The summed E-state index contributed by atoms with van der Waals surface area (Å²) in [5.74, 6) is -0.710. The van der Waals surface area contributed by atoms with E-state index in [0.29, 0.717) is 5.56 Å². The second-order valence-corrected chi connectivity index (χ2v) is 9.77. The largest absolute Gasteiger partial charge is 0.350 e. The van der Waals surface area contributed by atoms with E-state index < -0.39 is 10.0 Å². The minimum absolute atomic E-state index is 0.0637. The van der Waals surface area contributed by atoms with E-state index in [0.717, 1.165) is 11.1 Å². The third kappa shape index (κ3) is 6.47. The third-order valence-corrected chi connectivity index (χ3v) is 6.93. The second kappa shape index (κ2) is 10.7. The maximum atomic E-state index is 13.3. The summed E-state index contributed by atoms with van der Waals surface area (Å²) in [5.41, 5.74) is 2.49. The highest BCUT2D eigenvalue weighted by Gasteiger charge is 2.20. The molecule has 0 radical (unpaired) electrons. The van der Waals surface area contributed by atoms with Crippen LogP contribution in [-0.2, 0) is 16.6 Å². The number of carbonyl (C=O) groups excluding carboxylic acids is 1. The lowest BCUT2D eigenvalue weighted by molar-refractivity contribution is 0.0941. The number of nitrogens with one attached hydrogen (secondary N) is 2. The van der Waals surface area contributed by atoms with Gasteiger partial charge in [0.15, 0.2) is 0 Å². The number of rotatable bonds is 9. The number of benzene rings is 3. The first-order valence-electron chi connectivity index (χ1n) is 10.5. The van der Waals surface area contributed by atoms with Crippen LogP contribution in [0.1, 0.15) is 33.1 Å². The van der Waals surface area contributed by atoms with Gasteiger partial charge in [0.2, 0.25) is 10.0 Å². The highest BCUT2D eigenvalue weighted by molar-refractivity contribution is 7.89. The summed E-state index contributed by atoms with van der Waals surface area (Å²) < 4.78 is 41.6. The fraction of sp³-hybridized carbons (Fsp3) is 0.240. The summed E-state index contributed by atoms with van der Waals surface area (Å²) >= 11 is 0. The van der Waals surface area contributed by atoms with Crippen molar-refractivity contribution in [2.75, 3.05) is 20.6 Å². The molecule has 0 aliphatic rings. The predicted octanol–water partition coefficient (Wildman–Crippen LogP) is 3.65. The molecule has 8 heteroatoms. The summed E-state index contributed by atoms with van der Waals surface area (Å²) in [7, 11) is -0.0703. The van der Waals surface area contributed by atoms with E-state index in [1.54, 1.807) is 31.2 Å². The lowest BCUT2D eigenvalue weighted by Crippen LogP contribution is -2.34. The van der Waals surface area contributed by atoms with Gasteiger partial charge in [0.25, 0.3) is 5.91 Å². The summed E-state index contributed by atoms with van der Waals surface area (Å²) in [6.45, 7) is 2.12. The minimum atomic E-state index is -3.81. The number of hydrogen-bond acceptors (Lipinski definition) is 4. The van der Waals surface area contributed by atoms with Crippen molar-refractivity contribution in [3.05, 3.63) is 101 Å². The first-order chi connectivity index (χ1) is 15.7. The van der Waals surface area contributed by atoms with Crippen molar-refractivity contribution in [1.29, 1.82) is 0 Å². The van der Waals surface area contributed by atoms with Crippen LogP contribution in [0, 0.1) is 12.7 Å². The summed E-state index contributed by atoms with van der Waals surface area (Å²) in [6, 6.07) is 19.8. The Morgan fingerprint density at radius 1 is 1.00 bits per heavy atom. The highest BCUT2D eigenvalue weighted by atomic mass is 32.2. The Balaban J connectivity index is 1.73. The number of sulfonamides is 1. The van der Waals surface area contributed by atoms with Crippen LogP contribution in [0.4, 0.5) is 4.39 Å². The molecule has 0 spiro atoms. The zero-order chi connectivity index (χ0) is 24.0. The molecular weight excluding hydrogens is 441 g/mol. The Labute approximate surface area is 194 Å². The predicted molar refractivity (Wildman–Crippen MR) is 127 cm³/mol. The van der Waals surface area contributed by atoms with Gasteiger partial charge in [-0.15, -0.1) is 0 Å². The molecule has 1 amide bonds. The smallest absolute Gasteiger partial charge is 0.251 e. The van der Waals surface area contributed by atoms with Gasteiger partial charge in [0, 0.05) is 18.7 Å². The number of aryl methyl sites for hydroxylation is 1. The van der Waals surface area contributed by atoms with Gasteiger partial charge < -0.3 is 10.2 Å². The Kier molecular flexibility index (Phi) is 7.97. The molecule has 3 rings (SSSR count). The summed E-state index contributed by atoms with van der Waals surface area (Å²) in [4.78, 5) is 14.8. The quantitative estimate of drug-likeness (QED) is 0.502. The van der Waals surface area contributed by atoms with E-state index in [4.69, 9.17) is 0 Å². The molecule has 0 saturated carbocycles. The van der Waals surface area contributed by atoms with E-state index in [1.807, 2.05) is 49.3 Å². The SMILES string of the molecule is Cc1ccc(C(=O)NCC(c2ccc(F)cc2)N(C)C)cc1S(=O)(=O)NCc1ccccc1. The third-order valence-electron chi connectivity index (χ3n) is 5.38. The van der Waals surface area contributed by atoms with Gasteiger partial charge >= 0.3 is 0 Å². The van der Waals surface area contributed by atoms with Gasteiger partial charge in [-0.2, -0.15) is 0 Å². The van der Waals surface area contributed by atoms with Crippen molar-refractivity contribution in [3.63, 3.8) is 0 Å². The molecule has 0 fully saturated rings. The molecule has 3 aromatic carbocycles. The maximum Gasteiger partial charge on any atom is 0.251 e. The molecule has 0 bridgehead atoms. The number of carbonyl (C=O) groups is 1. The monoisotopic (exact) mass is 469 g/mol. The molecule has 0 aromatic heterocycles. The molecule has 1 atom stereocenters. The van der Waals surface area contributed by atoms with E-state index >= 15 is 0 Å². The normalized spacial score (nSPS) is 12.5. The first-order valence-corrected chi connectivity index (χ1v) is 12.0. The van der Waals surface area contributed by atoms with Crippen molar-refractivity contribution in [2.24, 2.45) is 0 Å². The zero-order valence-corrected chi connectivity index (χ0v) is 19.7. The number of likely N-dealkylation sites (N-methyl/N-ethyl adjacent to an activating group) is 1. The van der Waals surface area contributed by atoms with Crippen LogP contribution in [-0.4, -0.2) is 39.9 Å². The maximum absolute atomic E-state index is 13.3. The first kappa shape index (κ1) is 24.6. The summed E-state index contributed by atoms with van der Waals surface area (Å²) in [6.07, 6.45) is 0. The van der Waals surface area contributed by atoms with Gasteiger partial charge in [-0.25, -0.2) is 17.5 Å². The van der Waals surface area contributed by atoms with Crippen molar-refractivity contribution in [1.82, 2.24) is 14.9 Å². The highest BCUT2D eigenvalue weighted by Crippen LogP contribution is 2.20.